The molecular formula is C18H29N3O6S. The minimum absolute atomic E-state index is 0.196. The van der Waals surface area contributed by atoms with Crippen LogP contribution in [0.3, 0.4) is 0 Å². The first-order chi connectivity index (χ1) is 13.0. The second kappa shape index (κ2) is 6.40. The molecule has 5 saturated heterocycles. The number of hydrogen-bond acceptors (Lipinski definition) is 7. The summed E-state index contributed by atoms with van der Waals surface area (Å²) in [5.74, 6) is -0.798. The van der Waals surface area contributed by atoms with Crippen LogP contribution < -0.4 is 10.6 Å². The Bertz CT molecular complexity index is 671. The number of carbonyl (C=O) groups is 1. The lowest BCUT2D eigenvalue weighted by Crippen LogP contribution is -2.80. The van der Waals surface area contributed by atoms with E-state index >= 15 is 0 Å². The first kappa shape index (κ1) is 20.1. The molecule has 0 aliphatic carbocycles. The van der Waals surface area contributed by atoms with Crippen molar-refractivity contribution >= 4 is 23.4 Å². The third-order valence-electron chi connectivity index (χ3n) is 5.44. The molecule has 5 heterocycles. The van der Waals surface area contributed by atoms with Crippen molar-refractivity contribution in [1.82, 2.24) is 15.5 Å². The number of nitrogens with zero attached hydrogens (tertiary/aromatic N) is 1. The van der Waals surface area contributed by atoms with E-state index in [0.29, 0.717) is 11.7 Å². The molecule has 2 N–H and O–H groups in total. The maximum absolute atomic E-state index is 12.2. The van der Waals surface area contributed by atoms with Gasteiger partial charge in [0.2, 0.25) is 0 Å². The van der Waals surface area contributed by atoms with E-state index in [-0.39, 0.29) is 19.8 Å². The van der Waals surface area contributed by atoms with Gasteiger partial charge in [0.1, 0.15) is 23.4 Å². The number of nitrogens with one attached hydrogen (secondary N) is 2. The molecule has 5 rings (SSSR count). The lowest BCUT2D eigenvalue weighted by Gasteiger charge is -2.59. The van der Waals surface area contributed by atoms with Gasteiger partial charge in [0.25, 0.3) is 0 Å². The summed E-state index contributed by atoms with van der Waals surface area (Å²) in [7, 11) is 0. The highest BCUT2D eigenvalue weighted by Crippen LogP contribution is 2.51. The first-order valence-corrected chi connectivity index (χ1v) is 10.0. The van der Waals surface area contributed by atoms with Crippen LogP contribution in [0.5, 0.6) is 0 Å². The van der Waals surface area contributed by atoms with Gasteiger partial charge in [0.15, 0.2) is 16.6 Å². The third-order valence-corrected chi connectivity index (χ3v) is 5.80. The first-order valence-electron chi connectivity index (χ1n) is 9.62. The van der Waals surface area contributed by atoms with Crippen LogP contribution in [0.2, 0.25) is 0 Å². The number of carbonyl (C=O) groups excluding carboxylic acids is 1. The normalized spacial score (nSPS) is 38.9. The molecule has 0 aromatic carbocycles. The molecule has 2 bridgehead atoms. The highest BCUT2D eigenvalue weighted by atomic mass is 32.1. The Labute approximate surface area is 170 Å². The van der Waals surface area contributed by atoms with Crippen LogP contribution >= 0.6 is 12.2 Å². The second-order valence-corrected chi connectivity index (χ2v) is 9.59. The summed E-state index contributed by atoms with van der Waals surface area (Å²) in [6, 6.07) is 0. The summed E-state index contributed by atoms with van der Waals surface area (Å²) >= 11 is 5.47. The number of fused-ring (bicyclic) bond motifs is 2. The molecule has 0 spiro atoms. The molecule has 5 aliphatic heterocycles. The highest BCUT2D eigenvalue weighted by molar-refractivity contribution is 7.80. The van der Waals surface area contributed by atoms with E-state index in [4.69, 9.17) is 35.9 Å². The Kier molecular flexibility index (Phi) is 4.59. The van der Waals surface area contributed by atoms with Gasteiger partial charge in [0, 0.05) is 13.1 Å². The van der Waals surface area contributed by atoms with E-state index in [9.17, 15) is 4.79 Å². The summed E-state index contributed by atoms with van der Waals surface area (Å²) in [6.07, 6.45) is -1.32. The Hall–Kier alpha value is -1.20. The van der Waals surface area contributed by atoms with Gasteiger partial charge in [0.05, 0.1) is 19.8 Å². The maximum atomic E-state index is 12.2. The molecule has 5 fully saturated rings. The lowest BCUT2D eigenvalue weighted by atomic mass is 9.81. The van der Waals surface area contributed by atoms with Crippen molar-refractivity contribution in [3.63, 3.8) is 0 Å². The zero-order valence-electron chi connectivity index (χ0n) is 17.0. The van der Waals surface area contributed by atoms with Gasteiger partial charge in [-0.2, -0.15) is 0 Å². The van der Waals surface area contributed by atoms with Gasteiger partial charge in [-0.05, 0) is 46.8 Å². The van der Waals surface area contributed by atoms with Crippen molar-refractivity contribution in [3.8, 4) is 0 Å². The standard InChI is InChI=1S/C18H29N3O6S/c1-15(2,3)27-14(22)20-8-17-9-24-18(10-23-17,21-7-6-19-13(21)28)12-11(17)25-16(4,5)26-12/h11-12H,6-10H2,1-5H3,(H,19,28)(H,20,22)/t11-,12+,17+,18?/m1/s1. The van der Waals surface area contributed by atoms with E-state index < -0.39 is 41.0 Å². The second-order valence-electron chi connectivity index (χ2n) is 9.20. The van der Waals surface area contributed by atoms with Crippen LogP contribution in [0.25, 0.3) is 0 Å². The number of alkyl carbamates (subject to hydrolysis) is 1. The Morgan fingerprint density at radius 1 is 1.29 bits per heavy atom. The smallest absolute Gasteiger partial charge is 0.407 e. The molecule has 28 heavy (non-hydrogen) atoms. The molecule has 0 aromatic heterocycles. The van der Waals surface area contributed by atoms with Crippen LogP contribution in [0.4, 0.5) is 4.79 Å². The summed E-state index contributed by atoms with van der Waals surface area (Å²) in [5.41, 5.74) is -2.28. The Morgan fingerprint density at radius 3 is 2.57 bits per heavy atom. The summed E-state index contributed by atoms with van der Waals surface area (Å²) in [5, 5.41) is 6.59. The van der Waals surface area contributed by atoms with E-state index in [1.54, 1.807) is 0 Å². The van der Waals surface area contributed by atoms with Crippen molar-refractivity contribution in [1.29, 1.82) is 0 Å². The molecule has 158 valence electrons. The van der Waals surface area contributed by atoms with Gasteiger partial charge < -0.3 is 39.2 Å². The van der Waals surface area contributed by atoms with Crippen LogP contribution in [0.1, 0.15) is 34.6 Å². The molecule has 1 amide bonds. The van der Waals surface area contributed by atoms with E-state index in [1.807, 2.05) is 39.5 Å². The molecule has 0 radical (unpaired) electrons. The van der Waals surface area contributed by atoms with E-state index in [0.717, 1.165) is 6.54 Å². The molecule has 10 heteroatoms. The quantitative estimate of drug-likeness (QED) is 0.647. The fourth-order valence-corrected chi connectivity index (χ4v) is 4.61. The molecule has 1 unspecified atom stereocenters. The zero-order valence-corrected chi connectivity index (χ0v) is 17.8. The fraction of sp³-hybridized carbons (Fsp3) is 0.889. The summed E-state index contributed by atoms with van der Waals surface area (Å²) < 4.78 is 30.5. The number of thiocarbonyl (C=S) groups is 1. The van der Waals surface area contributed by atoms with Crippen molar-refractivity contribution in [2.75, 3.05) is 32.8 Å². The lowest BCUT2D eigenvalue weighted by molar-refractivity contribution is -0.358. The van der Waals surface area contributed by atoms with Crippen LogP contribution in [0, 0.1) is 0 Å². The van der Waals surface area contributed by atoms with Gasteiger partial charge in [-0.3, -0.25) is 0 Å². The van der Waals surface area contributed by atoms with E-state index in [1.165, 1.54) is 0 Å². The van der Waals surface area contributed by atoms with Crippen LogP contribution in [-0.4, -0.2) is 83.9 Å². The predicted molar refractivity (Wildman–Crippen MR) is 103 cm³/mol. The number of ether oxygens (including phenoxy) is 5. The van der Waals surface area contributed by atoms with Gasteiger partial charge in [-0.1, -0.05) is 0 Å². The summed E-state index contributed by atoms with van der Waals surface area (Å²) in [6.45, 7) is 11.4. The van der Waals surface area contributed by atoms with Crippen LogP contribution in [-0.2, 0) is 23.7 Å². The number of hydrogen-bond donors (Lipinski definition) is 2. The average Bonchev–Trinajstić information content (AvgIpc) is 3.16. The van der Waals surface area contributed by atoms with Crippen molar-refractivity contribution in [2.24, 2.45) is 0 Å². The number of amides is 1. The monoisotopic (exact) mass is 415 g/mol. The SMILES string of the molecule is CC(C)(C)OC(=O)NC[C@@]12COC(N3CCNC3=S)(CO1)[C@H]1OC(C)(C)O[C@H]12. The van der Waals surface area contributed by atoms with Crippen LogP contribution in [0.15, 0.2) is 0 Å². The predicted octanol–water partition coefficient (Wildman–Crippen LogP) is 0.717. The third kappa shape index (κ3) is 3.24. The molecule has 0 aromatic rings. The minimum atomic E-state index is -0.855. The number of rotatable bonds is 3. The zero-order chi connectivity index (χ0) is 20.4. The molecule has 5 aliphatic rings. The van der Waals surface area contributed by atoms with E-state index in [2.05, 4.69) is 10.6 Å². The largest absolute Gasteiger partial charge is 0.444 e. The average molecular weight is 416 g/mol. The molecular weight excluding hydrogens is 386 g/mol. The van der Waals surface area contributed by atoms with Gasteiger partial charge in [-0.25, -0.2) is 4.79 Å². The van der Waals surface area contributed by atoms with Gasteiger partial charge in [-0.15, -0.1) is 0 Å². The molecule has 0 saturated carbocycles. The van der Waals surface area contributed by atoms with Crippen molar-refractivity contribution < 1.29 is 28.5 Å². The van der Waals surface area contributed by atoms with Crippen molar-refractivity contribution in [2.45, 2.75) is 69.5 Å². The summed E-state index contributed by atoms with van der Waals surface area (Å²) in [4.78, 5) is 14.2. The fourth-order valence-electron chi connectivity index (χ4n) is 4.26. The minimum Gasteiger partial charge on any atom is -0.444 e. The molecule has 9 nitrogen and oxygen atoms in total. The van der Waals surface area contributed by atoms with Gasteiger partial charge >= 0.3 is 6.09 Å². The molecule has 4 atom stereocenters. The maximum Gasteiger partial charge on any atom is 0.407 e. The highest BCUT2D eigenvalue weighted by Gasteiger charge is 2.71. The van der Waals surface area contributed by atoms with Crippen molar-refractivity contribution in [3.05, 3.63) is 0 Å². The topological polar surface area (TPSA) is 90.5 Å². The Morgan fingerprint density at radius 2 is 2.00 bits per heavy atom. The Balaban J connectivity index is 1.56.